The Morgan fingerprint density at radius 1 is 1.45 bits per heavy atom. The molecule has 0 amide bonds. The van der Waals surface area contributed by atoms with Crippen LogP contribution in [0.3, 0.4) is 0 Å². The van der Waals surface area contributed by atoms with E-state index in [1.807, 2.05) is 7.05 Å². The van der Waals surface area contributed by atoms with E-state index in [0.29, 0.717) is 6.54 Å². The van der Waals surface area contributed by atoms with Crippen molar-refractivity contribution in [2.24, 2.45) is 5.41 Å². The van der Waals surface area contributed by atoms with Gasteiger partial charge in [-0.2, -0.15) is 0 Å². The molecule has 1 aliphatic rings. The highest BCUT2D eigenvalue weighted by Gasteiger charge is 2.36. The number of carbonyl (C=O) groups is 1. The molecule has 1 atom stereocenters. The van der Waals surface area contributed by atoms with Gasteiger partial charge in [-0.05, 0) is 43.6 Å². The van der Waals surface area contributed by atoms with E-state index in [1.165, 1.54) is 28.6 Å². The average Bonchev–Trinajstić information content (AvgIpc) is 2.78. The summed E-state index contributed by atoms with van der Waals surface area (Å²) in [7, 11) is -0.115. The maximum Gasteiger partial charge on any atom is 0.335 e. The van der Waals surface area contributed by atoms with E-state index >= 15 is 0 Å². The molecule has 1 N–H and O–H groups in total. The molecular formula is C15H22N2O4S. The Bertz CT molecular complexity index is 674. The van der Waals surface area contributed by atoms with Crippen LogP contribution in [0.1, 0.15) is 23.7 Å². The first kappa shape index (κ1) is 16.9. The fourth-order valence-electron chi connectivity index (χ4n) is 2.99. The third-order valence-electron chi connectivity index (χ3n) is 4.14. The first-order valence-corrected chi connectivity index (χ1v) is 8.56. The van der Waals surface area contributed by atoms with E-state index in [9.17, 15) is 13.2 Å². The van der Waals surface area contributed by atoms with E-state index in [0.717, 1.165) is 19.5 Å². The molecule has 1 heterocycles. The van der Waals surface area contributed by atoms with Gasteiger partial charge in [-0.25, -0.2) is 17.5 Å². The van der Waals surface area contributed by atoms with E-state index in [4.69, 9.17) is 5.11 Å². The van der Waals surface area contributed by atoms with Crippen molar-refractivity contribution in [3.8, 4) is 0 Å². The van der Waals surface area contributed by atoms with Crippen LogP contribution in [-0.2, 0) is 10.0 Å². The summed E-state index contributed by atoms with van der Waals surface area (Å²) in [5.74, 6) is -1.14. The topological polar surface area (TPSA) is 77.9 Å². The molecule has 0 saturated carbocycles. The molecule has 0 aliphatic carbocycles. The van der Waals surface area contributed by atoms with Crippen molar-refractivity contribution in [3.63, 3.8) is 0 Å². The van der Waals surface area contributed by atoms with E-state index < -0.39 is 16.0 Å². The second kappa shape index (κ2) is 5.98. The van der Waals surface area contributed by atoms with Crippen LogP contribution in [0.15, 0.2) is 29.2 Å². The van der Waals surface area contributed by atoms with Crippen molar-refractivity contribution < 1.29 is 18.3 Å². The van der Waals surface area contributed by atoms with Crippen LogP contribution in [0.2, 0.25) is 0 Å². The molecule has 0 aromatic heterocycles. The normalized spacial score (nSPS) is 23.1. The van der Waals surface area contributed by atoms with E-state index in [-0.39, 0.29) is 15.9 Å². The number of carboxylic acid groups (broad SMARTS) is 1. The molecule has 2 rings (SSSR count). The molecule has 0 spiro atoms. The molecule has 6 nitrogen and oxygen atoms in total. The van der Waals surface area contributed by atoms with Crippen LogP contribution in [0.25, 0.3) is 0 Å². The second-order valence-corrected chi connectivity index (χ2v) is 8.44. The number of hydrogen-bond acceptors (Lipinski definition) is 4. The lowest BCUT2D eigenvalue weighted by atomic mass is 9.90. The van der Waals surface area contributed by atoms with Gasteiger partial charge in [-0.3, -0.25) is 0 Å². The molecule has 1 aromatic carbocycles. The fraction of sp³-hybridized carbons (Fsp3) is 0.533. The molecule has 1 aliphatic heterocycles. The zero-order valence-corrected chi connectivity index (χ0v) is 13.9. The molecule has 22 heavy (non-hydrogen) atoms. The summed E-state index contributed by atoms with van der Waals surface area (Å²) in [6.07, 6.45) is 0.943. The predicted octanol–water partition coefficient (Wildman–Crippen LogP) is 1.35. The Kier molecular flexibility index (Phi) is 4.60. The molecule has 7 heteroatoms. The lowest BCUT2D eigenvalue weighted by Crippen LogP contribution is -2.38. The molecule has 1 saturated heterocycles. The average molecular weight is 326 g/mol. The molecule has 1 fully saturated rings. The lowest BCUT2D eigenvalue weighted by Gasteiger charge is -2.29. The molecular weight excluding hydrogens is 304 g/mol. The van der Waals surface area contributed by atoms with Gasteiger partial charge in [-0.1, -0.05) is 13.0 Å². The lowest BCUT2D eigenvalue weighted by molar-refractivity contribution is 0.0696. The summed E-state index contributed by atoms with van der Waals surface area (Å²) in [5.41, 5.74) is -0.109. The van der Waals surface area contributed by atoms with E-state index in [2.05, 4.69) is 11.8 Å². The van der Waals surface area contributed by atoms with Crippen molar-refractivity contribution in [1.82, 2.24) is 9.21 Å². The third-order valence-corrected chi connectivity index (χ3v) is 5.94. The largest absolute Gasteiger partial charge is 0.478 e. The van der Waals surface area contributed by atoms with Gasteiger partial charge in [0.05, 0.1) is 10.5 Å². The van der Waals surface area contributed by atoms with Crippen molar-refractivity contribution in [2.45, 2.75) is 18.2 Å². The van der Waals surface area contributed by atoms with Crippen molar-refractivity contribution >= 4 is 16.0 Å². The summed E-state index contributed by atoms with van der Waals surface area (Å²) in [6.45, 7) is 4.30. The maximum absolute atomic E-state index is 12.6. The Hall–Kier alpha value is -1.44. The summed E-state index contributed by atoms with van der Waals surface area (Å²) in [4.78, 5) is 13.2. The molecule has 122 valence electrons. The van der Waals surface area contributed by atoms with Gasteiger partial charge in [0.1, 0.15) is 0 Å². The van der Waals surface area contributed by atoms with Crippen LogP contribution >= 0.6 is 0 Å². The summed E-state index contributed by atoms with van der Waals surface area (Å²) in [6, 6.07) is 5.47. The summed E-state index contributed by atoms with van der Waals surface area (Å²) in [5, 5.41) is 9.00. The van der Waals surface area contributed by atoms with Crippen molar-refractivity contribution in [2.75, 3.05) is 33.7 Å². The highest BCUT2D eigenvalue weighted by atomic mass is 32.2. The number of hydrogen-bond donors (Lipinski definition) is 1. The fourth-order valence-corrected chi connectivity index (χ4v) is 4.36. The van der Waals surface area contributed by atoms with Gasteiger partial charge < -0.3 is 10.0 Å². The van der Waals surface area contributed by atoms with Crippen LogP contribution in [-0.4, -0.2) is 62.4 Å². The zero-order chi connectivity index (χ0) is 16.5. The number of benzene rings is 1. The SMILES string of the molecule is CN1CCC(C)(CN(C)S(=O)(=O)c2cccc(C(=O)O)c2)C1. The van der Waals surface area contributed by atoms with Gasteiger partial charge >= 0.3 is 5.97 Å². The Labute approximate surface area is 131 Å². The first-order chi connectivity index (χ1) is 10.1. The third kappa shape index (κ3) is 3.48. The zero-order valence-electron chi connectivity index (χ0n) is 13.1. The number of rotatable bonds is 5. The Morgan fingerprint density at radius 3 is 2.68 bits per heavy atom. The molecule has 0 bridgehead atoms. The Morgan fingerprint density at radius 2 is 2.14 bits per heavy atom. The number of likely N-dealkylation sites (tertiary alicyclic amines) is 1. The number of nitrogens with zero attached hydrogens (tertiary/aromatic N) is 2. The Balaban J connectivity index is 2.22. The highest BCUT2D eigenvalue weighted by molar-refractivity contribution is 7.89. The van der Waals surface area contributed by atoms with Crippen LogP contribution in [0.4, 0.5) is 0 Å². The predicted molar refractivity (Wildman–Crippen MR) is 83.4 cm³/mol. The minimum Gasteiger partial charge on any atom is -0.478 e. The first-order valence-electron chi connectivity index (χ1n) is 7.12. The monoisotopic (exact) mass is 326 g/mol. The number of aromatic carboxylic acids is 1. The van der Waals surface area contributed by atoms with Crippen LogP contribution in [0, 0.1) is 5.41 Å². The molecule has 1 aromatic rings. The van der Waals surface area contributed by atoms with Gasteiger partial charge in [0, 0.05) is 20.1 Å². The molecule has 0 radical (unpaired) electrons. The molecule has 1 unspecified atom stereocenters. The number of sulfonamides is 1. The van der Waals surface area contributed by atoms with Crippen LogP contribution < -0.4 is 0 Å². The smallest absolute Gasteiger partial charge is 0.335 e. The van der Waals surface area contributed by atoms with Crippen molar-refractivity contribution in [1.29, 1.82) is 0 Å². The summed E-state index contributed by atoms with van der Waals surface area (Å²) < 4.78 is 26.6. The standard InChI is InChI=1S/C15H22N2O4S/c1-15(7-8-16(2)10-15)11-17(3)22(20,21)13-6-4-5-12(9-13)14(18)19/h4-6,9H,7-8,10-11H2,1-3H3,(H,18,19). The van der Waals surface area contributed by atoms with Crippen molar-refractivity contribution in [3.05, 3.63) is 29.8 Å². The summed E-state index contributed by atoms with van der Waals surface area (Å²) >= 11 is 0. The van der Waals surface area contributed by atoms with Gasteiger partial charge in [-0.15, -0.1) is 0 Å². The number of carboxylic acids is 1. The van der Waals surface area contributed by atoms with Gasteiger partial charge in [0.25, 0.3) is 0 Å². The minimum atomic E-state index is -3.69. The van der Waals surface area contributed by atoms with Gasteiger partial charge in [0.2, 0.25) is 10.0 Å². The van der Waals surface area contributed by atoms with Gasteiger partial charge in [0.15, 0.2) is 0 Å². The maximum atomic E-state index is 12.6. The minimum absolute atomic E-state index is 0.0184. The van der Waals surface area contributed by atoms with Crippen LogP contribution in [0.5, 0.6) is 0 Å². The quantitative estimate of drug-likeness (QED) is 0.883. The van der Waals surface area contributed by atoms with E-state index in [1.54, 1.807) is 7.05 Å². The second-order valence-electron chi connectivity index (χ2n) is 6.39. The highest BCUT2D eigenvalue weighted by Crippen LogP contribution is 2.31.